The van der Waals surface area contributed by atoms with E-state index in [0.29, 0.717) is 12.1 Å². The first kappa shape index (κ1) is 24.7. The van der Waals surface area contributed by atoms with Gasteiger partial charge in [-0.3, -0.25) is 19.2 Å². The van der Waals surface area contributed by atoms with Crippen LogP contribution in [0.1, 0.15) is 25.0 Å². The summed E-state index contributed by atoms with van der Waals surface area (Å²) >= 11 is 0. The Morgan fingerprint density at radius 1 is 1.25 bits per heavy atom. The van der Waals surface area contributed by atoms with Crippen molar-refractivity contribution in [3.8, 4) is 0 Å². The van der Waals surface area contributed by atoms with E-state index in [2.05, 4.69) is 20.6 Å². The van der Waals surface area contributed by atoms with E-state index in [0.717, 1.165) is 0 Å². The van der Waals surface area contributed by atoms with Gasteiger partial charge < -0.3 is 42.2 Å². The standard InChI is InChI=1S/C18H27N7O7/c19-10(5-14(20)27)17(30)25-3-1-2-13(25)16(29)24-12(7-26)15(28)23-11(18(31)32)4-9-6-21-8-22-9/h6,8,10-13,26H,1-5,7,19H2,(H2,20,27)(H,21,22)(H,23,28)(H,24,29)(H,31,32). The van der Waals surface area contributed by atoms with Crippen LogP contribution < -0.4 is 22.1 Å². The Hall–Kier alpha value is -3.52. The van der Waals surface area contributed by atoms with Gasteiger partial charge in [-0.25, -0.2) is 9.78 Å². The molecule has 32 heavy (non-hydrogen) atoms. The van der Waals surface area contributed by atoms with Crippen molar-refractivity contribution in [1.29, 1.82) is 0 Å². The second kappa shape index (κ2) is 11.2. The Labute approximate surface area is 182 Å². The minimum Gasteiger partial charge on any atom is -0.480 e. The van der Waals surface area contributed by atoms with Crippen molar-refractivity contribution in [3.05, 3.63) is 18.2 Å². The molecule has 9 N–H and O–H groups in total. The molecule has 1 aromatic heterocycles. The molecule has 1 fully saturated rings. The molecule has 0 aromatic carbocycles. The Morgan fingerprint density at radius 3 is 2.53 bits per heavy atom. The molecule has 2 heterocycles. The van der Waals surface area contributed by atoms with Crippen LogP contribution in [0, 0.1) is 0 Å². The molecule has 1 saturated heterocycles. The van der Waals surface area contributed by atoms with Gasteiger partial charge in [0.2, 0.25) is 23.6 Å². The number of carbonyl (C=O) groups is 5. The van der Waals surface area contributed by atoms with Crippen molar-refractivity contribution >= 4 is 29.6 Å². The van der Waals surface area contributed by atoms with E-state index < -0.39 is 60.4 Å². The summed E-state index contributed by atoms with van der Waals surface area (Å²) in [4.78, 5) is 67.8. The van der Waals surface area contributed by atoms with Crippen LogP contribution in [0.25, 0.3) is 0 Å². The van der Waals surface area contributed by atoms with Crippen molar-refractivity contribution in [2.24, 2.45) is 11.5 Å². The first-order valence-electron chi connectivity index (χ1n) is 9.90. The summed E-state index contributed by atoms with van der Waals surface area (Å²) < 4.78 is 0. The summed E-state index contributed by atoms with van der Waals surface area (Å²) in [5.74, 6) is -4.32. The second-order valence-corrected chi connectivity index (χ2v) is 7.39. The minimum atomic E-state index is -1.44. The highest BCUT2D eigenvalue weighted by Gasteiger charge is 2.38. The fraction of sp³-hybridized carbons (Fsp3) is 0.556. The summed E-state index contributed by atoms with van der Waals surface area (Å²) in [6.07, 6.45) is 3.08. The fourth-order valence-electron chi connectivity index (χ4n) is 3.37. The smallest absolute Gasteiger partial charge is 0.326 e. The third kappa shape index (κ3) is 6.49. The van der Waals surface area contributed by atoms with Crippen molar-refractivity contribution in [1.82, 2.24) is 25.5 Å². The number of rotatable bonds is 11. The first-order chi connectivity index (χ1) is 15.1. The summed E-state index contributed by atoms with van der Waals surface area (Å²) in [5, 5.41) is 23.5. The second-order valence-electron chi connectivity index (χ2n) is 7.39. The van der Waals surface area contributed by atoms with Gasteiger partial charge in [-0.1, -0.05) is 0 Å². The predicted molar refractivity (Wildman–Crippen MR) is 107 cm³/mol. The van der Waals surface area contributed by atoms with Gasteiger partial charge in [0.1, 0.15) is 18.1 Å². The summed E-state index contributed by atoms with van der Waals surface area (Å²) in [7, 11) is 0. The number of hydrogen-bond acceptors (Lipinski definition) is 8. The SMILES string of the molecule is NC(=O)CC(N)C(=O)N1CCCC1C(=O)NC(CO)C(=O)NC(Cc1cnc[nH]1)C(=O)O. The number of aromatic amines is 1. The van der Waals surface area contributed by atoms with Gasteiger partial charge in [0, 0.05) is 24.9 Å². The van der Waals surface area contributed by atoms with Crippen LogP contribution in [0.5, 0.6) is 0 Å². The zero-order valence-electron chi connectivity index (χ0n) is 17.2. The van der Waals surface area contributed by atoms with Gasteiger partial charge in [-0.2, -0.15) is 0 Å². The third-order valence-electron chi connectivity index (χ3n) is 4.99. The number of aliphatic hydroxyl groups is 1. The molecule has 0 aliphatic carbocycles. The number of nitrogens with two attached hydrogens (primary N) is 2. The molecule has 4 atom stereocenters. The number of carboxylic acids is 1. The Balaban J connectivity index is 2.00. The number of aliphatic carboxylic acids is 1. The molecular formula is C18H27N7O7. The van der Waals surface area contributed by atoms with Gasteiger partial charge in [0.25, 0.3) is 0 Å². The molecule has 1 aliphatic rings. The van der Waals surface area contributed by atoms with E-state index in [4.69, 9.17) is 11.5 Å². The highest BCUT2D eigenvalue weighted by atomic mass is 16.4. The first-order valence-corrected chi connectivity index (χ1v) is 9.90. The number of likely N-dealkylation sites (tertiary alicyclic amines) is 1. The van der Waals surface area contributed by atoms with Crippen molar-refractivity contribution in [2.75, 3.05) is 13.2 Å². The predicted octanol–water partition coefficient (Wildman–Crippen LogP) is -3.81. The average molecular weight is 453 g/mol. The molecule has 0 bridgehead atoms. The molecule has 0 radical (unpaired) electrons. The number of carboxylic acid groups (broad SMARTS) is 1. The van der Waals surface area contributed by atoms with Crippen LogP contribution in [0.3, 0.4) is 0 Å². The van der Waals surface area contributed by atoms with E-state index in [-0.39, 0.29) is 25.8 Å². The van der Waals surface area contributed by atoms with E-state index in [1.54, 1.807) is 0 Å². The molecule has 0 saturated carbocycles. The monoisotopic (exact) mass is 453 g/mol. The fourth-order valence-corrected chi connectivity index (χ4v) is 3.37. The lowest BCUT2D eigenvalue weighted by atomic mass is 10.1. The Bertz CT molecular complexity index is 845. The summed E-state index contributed by atoms with van der Waals surface area (Å²) in [5.41, 5.74) is 11.2. The van der Waals surface area contributed by atoms with Gasteiger partial charge in [0.05, 0.1) is 25.4 Å². The lowest BCUT2D eigenvalue weighted by Gasteiger charge is -2.28. The molecular weight excluding hydrogens is 426 g/mol. The summed E-state index contributed by atoms with van der Waals surface area (Å²) in [6.45, 7) is -0.569. The van der Waals surface area contributed by atoms with E-state index in [1.165, 1.54) is 17.4 Å². The zero-order chi connectivity index (χ0) is 23.8. The van der Waals surface area contributed by atoms with Gasteiger partial charge in [-0.15, -0.1) is 0 Å². The van der Waals surface area contributed by atoms with Gasteiger partial charge in [0.15, 0.2) is 0 Å². The number of nitrogens with zero attached hydrogens (tertiary/aromatic N) is 2. The van der Waals surface area contributed by atoms with Crippen molar-refractivity contribution in [2.45, 2.75) is 49.9 Å². The molecule has 1 aromatic rings. The molecule has 176 valence electrons. The quantitative estimate of drug-likeness (QED) is 0.174. The van der Waals surface area contributed by atoms with Gasteiger partial charge in [-0.05, 0) is 12.8 Å². The van der Waals surface area contributed by atoms with Crippen LogP contribution in [0.4, 0.5) is 0 Å². The molecule has 1 aliphatic heterocycles. The zero-order valence-corrected chi connectivity index (χ0v) is 17.2. The van der Waals surface area contributed by atoms with Crippen LogP contribution in [-0.2, 0) is 30.4 Å². The maximum absolute atomic E-state index is 12.7. The Morgan fingerprint density at radius 2 is 1.97 bits per heavy atom. The topological polar surface area (TPSA) is 234 Å². The van der Waals surface area contributed by atoms with Gasteiger partial charge >= 0.3 is 5.97 Å². The number of hydrogen-bond donors (Lipinski definition) is 7. The number of imidazole rings is 1. The van der Waals surface area contributed by atoms with Crippen LogP contribution in [0.2, 0.25) is 0 Å². The molecule has 0 spiro atoms. The van der Waals surface area contributed by atoms with E-state index in [9.17, 15) is 34.2 Å². The largest absolute Gasteiger partial charge is 0.480 e. The van der Waals surface area contributed by atoms with Crippen LogP contribution in [-0.4, -0.2) is 92.0 Å². The highest BCUT2D eigenvalue weighted by Crippen LogP contribution is 2.19. The number of aliphatic hydroxyl groups excluding tert-OH is 1. The molecule has 14 heteroatoms. The van der Waals surface area contributed by atoms with E-state index in [1.807, 2.05) is 0 Å². The van der Waals surface area contributed by atoms with Crippen LogP contribution >= 0.6 is 0 Å². The highest BCUT2D eigenvalue weighted by molar-refractivity contribution is 5.95. The number of primary amides is 1. The normalized spacial score (nSPS) is 18.4. The van der Waals surface area contributed by atoms with Crippen LogP contribution in [0.15, 0.2) is 12.5 Å². The molecule has 14 nitrogen and oxygen atoms in total. The number of amides is 4. The molecule has 2 rings (SSSR count). The molecule has 4 amide bonds. The van der Waals surface area contributed by atoms with E-state index >= 15 is 0 Å². The third-order valence-corrected chi connectivity index (χ3v) is 4.99. The molecule has 4 unspecified atom stereocenters. The van der Waals surface area contributed by atoms with Crippen molar-refractivity contribution in [3.63, 3.8) is 0 Å². The minimum absolute atomic E-state index is 0.0875. The van der Waals surface area contributed by atoms with Crippen molar-refractivity contribution < 1.29 is 34.2 Å². The number of aromatic nitrogens is 2. The maximum Gasteiger partial charge on any atom is 0.326 e. The average Bonchev–Trinajstić information content (AvgIpc) is 3.41. The number of nitrogens with one attached hydrogen (secondary N) is 3. The maximum atomic E-state index is 12.7. The summed E-state index contributed by atoms with van der Waals surface area (Å²) in [6, 6.07) is -4.92. The lowest BCUT2D eigenvalue weighted by molar-refractivity contribution is -0.143. The Kier molecular flexibility index (Phi) is 8.66. The number of H-pyrrole nitrogens is 1. The number of carbonyl (C=O) groups excluding carboxylic acids is 4. The lowest BCUT2D eigenvalue weighted by Crippen LogP contribution is -2.58.